The number of benzene rings is 1. The topological polar surface area (TPSA) is 78.9 Å². The molecule has 2 N–H and O–H groups in total. The van der Waals surface area contributed by atoms with Gasteiger partial charge < -0.3 is 20.1 Å². The van der Waals surface area contributed by atoms with Gasteiger partial charge in [-0.05, 0) is 29.6 Å². The van der Waals surface area contributed by atoms with Crippen LogP contribution in [-0.4, -0.2) is 54.2 Å². The minimum absolute atomic E-state index is 0.0132. The third kappa shape index (κ3) is 3.32. The minimum Gasteiger partial charge on any atom is -0.508 e. The first kappa shape index (κ1) is 17.1. The van der Waals surface area contributed by atoms with Crippen LogP contribution in [0.4, 0.5) is 0 Å². The quantitative estimate of drug-likeness (QED) is 0.860. The van der Waals surface area contributed by atoms with Crippen molar-refractivity contribution in [1.29, 1.82) is 0 Å². The molecule has 7 heteroatoms. The number of ether oxygens (including phenoxy) is 1. The normalized spacial score (nSPS) is 24.5. The van der Waals surface area contributed by atoms with E-state index in [1.54, 1.807) is 29.2 Å². The molecule has 0 spiro atoms. The number of hydrogen-bond donors (Lipinski definition) is 2. The predicted molar refractivity (Wildman–Crippen MR) is 97.4 cm³/mol. The molecule has 6 nitrogen and oxygen atoms in total. The number of phenolic OH excluding ortho intramolecular Hbond substituents is 1. The molecule has 0 aliphatic carbocycles. The molecule has 26 heavy (non-hydrogen) atoms. The van der Waals surface area contributed by atoms with Crippen molar-refractivity contribution in [2.45, 2.75) is 6.10 Å². The van der Waals surface area contributed by atoms with Crippen LogP contribution in [0.3, 0.4) is 0 Å². The highest BCUT2D eigenvalue weighted by Crippen LogP contribution is 2.34. The Bertz CT molecular complexity index is 808. The third-order valence-electron chi connectivity index (χ3n) is 5.13. The summed E-state index contributed by atoms with van der Waals surface area (Å²) in [7, 11) is 0. The molecule has 2 amide bonds. The van der Waals surface area contributed by atoms with Crippen molar-refractivity contribution in [3.63, 3.8) is 0 Å². The molecule has 1 aromatic heterocycles. The standard InChI is InChI=1S/C19H20N2O4S/c22-15-3-1-2-12(6-15)19(24)21-8-16-14(10-25-17(16)9-21)7-20-18(23)13-4-5-26-11-13/h1-6,11,14,16-17,22H,7-10H2,(H,20,23)/t14-,16+,17+/m0/s1. The number of nitrogens with one attached hydrogen (secondary N) is 1. The van der Waals surface area contributed by atoms with Gasteiger partial charge >= 0.3 is 0 Å². The molecule has 0 unspecified atom stereocenters. The molecule has 0 bridgehead atoms. The highest BCUT2D eigenvalue weighted by atomic mass is 32.1. The van der Waals surface area contributed by atoms with Crippen molar-refractivity contribution in [2.24, 2.45) is 11.8 Å². The van der Waals surface area contributed by atoms with Gasteiger partial charge in [0.05, 0.1) is 12.7 Å². The first-order chi connectivity index (χ1) is 12.6. The molecule has 2 aliphatic rings. The Kier molecular flexibility index (Phi) is 4.65. The Balaban J connectivity index is 1.36. The molecule has 2 aliphatic heterocycles. The SMILES string of the molecule is O=C(NC[C@H]1CO[C@@H]2CN(C(=O)c3cccc(O)c3)C[C@H]12)c1ccsc1. The van der Waals surface area contributed by atoms with E-state index in [4.69, 9.17) is 4.74 Å². The smallest absolute Gasteiger partial charge is 0.254 e. The maximum absolute atomic E-state index is 12.6. The summed E-state index contributed by atoms with van der Waals surface area (Å²) in [6.07, 6.45) is 0.0132. The van der Waals surface area contributed by atoms with Crippen LogP contribution in [0.15, 0.2) is 41.1 Å². The van der Waals surface area contributed by atoms with E-state index in [9.17, 15) is 14.7 Å². The predicted octanol–water partition coefficient (Wildman–Crippen LogP) is 1.97. The van der Waals surface area contributed by atoms with Gasteiger partial charge in [-0.25, -0.2) is 0 Å². The molecule has 2 aromatic rings. The number of fused-ring (bicyclic) bond motifs is 1. The molecule has 4 rings (SSSR count). The van der Waals surface area contributed by atoms with E-state index >= 15 is 0 Å². The van der Waals surface area contributed by atoms with Gasteiger partial charge in [-0.3, -0.25) is 9.59 Å². The number of rotatable bonds is 4. The maximum Gasteiger partial charge on any atom is 0.254 e. The summed E-state index contributed by atoms with van der Waals surface area (Å²) in [4.78, 5) is 26.5. The Morgan fingerprint density at radius 3 is 2.92 bits per heavy atom. The van der Waals surface area contributed by atoms with Crippen LogP contribution in [0.2, 0.25) is 0 Å². The molecule has 3 heterocycles. The number of carbonyl (C=O) groups is 2. The molecule has 3 atom stereocenters. The van der Waals surface area contributed by atoms with Gasteiger partial charge in [0.1, 0.15) is 5.75 Å². The summed E-state index contributed by atoms with van der Waals surface area (Å²) in [6.45, 7) is 2.31. The Morgan fingerprint density at radius 2 is 2.15 bits per heavy atom. The second-order valence-electron chi connectivity index (χ2n) is 6.78. The first-order valence-electron chi connectivity index (χ1n) is 8.62. The lowest BCUT2D eigenvalue weighted by Gasteiger charge is -2.20. The molecular weight excluding hydrogens is 352 g/mol. The molecule has 136 valence electrons. The van der Waals surface area contributed by atoms with E-state index in [2.05, 4.69) is 5.32 Å². The second kappa shape index (κ2) is 7.09. The van der Waals surface area contributed by atoms with Gasteiger partial charge in [0.25, 0.3) is 11.8 Å². The van der Waals surface area contributed by atoms with E-state index in [0.29, 0.717) is 37.4 Å². The third-order valence-corrected chi connectivity index (χ3v) is 5.81. The van der Waals surface area contributed by atoms with E-state index in [0.717, 1.165) is 0 Å². The molecule has 2 fully saturated rings. The fraction of sp³-hybridized carbons (Fsp3) is 0.368. The van der Waals surface area contributed by atoms with Crippen LogP contribution in [0.25, 0.3) is 0 Å². The number of aromatic hydroxyl groups is 1. The van der Waals surface area contributed by atoms with E-state index in [-0.39, 0.29) is 35.5 Å². The Morgan fingerprint density at radius 1 is 1.27 bits per heavy atom. The second-order valence-corrected chi connectivity index (χ2v) is 7.56. The summed E-state index contributed by atoms with van der Waals surface area (Å²) in [5.74, 6) is 0.337. The highest BCUT2D eigenvalue weighted by molar-refractivity contribution is 7.08. The molecule has 1 aromatic carbocycles. The van der Waals surface area contributed by atoms with Crippen LogP contribution in [0, 0.1) is 11.8 Å². The number of phenols is 1. The van der Waals surface area contributed by atoms with Gasteiger partial charge in [0.15, 0.2) is 0 Å². The number of hydrogen-bond acceptors (Lipinski definition) is 5. The van der Waals surface area contributed by atoms with Gasteiger partial charge in [-0.2, -0.15) is 11.3 Å². The Hall–Kier alpha value is -2.38. The number of likely N-dealkylation sites (tertiary alicyclic amines) is 1. The highest BCUT2D eigenvalue weighted by Gasteiger charge is 2.45. The van der Waals surface area contributed by atoms with Crippen molar-refractivity contribution >= 4 is 23.2 Å². The average Bonchev–Trinajstić information content (AvgIpc) is 3.36. The summed E-state index contributed by atoms with van der Waals surface area (Å²) in [5, 5.41) is 16.3. The van der Waals surface area contributed by atoms with E-state index in [1.807, 2.05) is 10.8 Å². The number of amides is 2. The average molecular weight is 372 g/mol. The summed E-state index contributed by atoms with van der Waals surface area (Å²) in [6, 6.07) is 8.20. The number of nitrogens with zero attached hydrogens (tertiary/aromatic N) is 1. The monoisotopic (exact) mass is 372 g/mol. The lowest BCUT2D eigenvalue weighted by Crippen LogP contribution is -2.35. The summed E-state index contributed by atoms with van der Waals surface area (Å²) in [5.41, 5.74) is 1.16. The van der Waals surface area contributed by atoms with Crippen LogP contribution in [0.1, 0.15) is 20.7 Å². The van der Waals surface area contributed by atoms with Gasteiger partial charge in [0, 0.05) is 48.0 Å². The fourth-order valence-corrected chi connectivity index (χ4v) is 4.35. The zero-order valence-corrected chi connectivity index (χ0v) is 14.9. The maximum atomic E-state index is 12.6. The van der Waals surface area contributed by atoms with Crippen molar-refractivity contribution in [1.82, 2.24) is 10.2 Å². The van der Waals surface area contributed by atoms with Gasteiger partial charge in [0.2, 0.25) is 0 Å². The first-order valence-corrected chi connectivity index (χ1v) is 9.56. The summed E-state index contributed by atoms with van der Waals surface area (Å²) < 4.78 is 5.86. The van der Waals surface area contributed by atoms with E-state index in [1.165, 1.54) is 17.4 Å². The van der Waals surface area contributed by atoms with Crippen molar-refractivity contribution in [3.05, 3.63) is 52.2 Å². The van der Waals surface area contributed by atoms with Crippen molar-refractivity contribution in [3.8, 4) is 5.75 Å². The molecular formula is C19H20N2O4S. The minimum atomic E-state index is -0.0973. The molecule has 0 saturated carbocycles. The largest absolute Gasteiger partial charge is 0.508 e. The summed E-state index contributed by atoms with van der Waals surface area (Å²) >= 11 is 1.50. The molecule has 2 saturated heterocycles. The van der Waals surface area contributed by atoms with Crippen LogP contribution in [0.5, 0.6) is 5.75 Å². The van der Waals surface area contributed by atoms with Gasteiger partial charge in [-0.1, -0.05) is 6.07 Å². The Labute approximate surface area is 155 Å². The lowest BCUT2D eigenvalue weighted by molar-refractivity contribution is 0.0674. The van der Waals surface area contributed by atoms with Crippen molar-refractivity contribution < 1.29 is 19.4 Å². The fourth-order valence-electron chi connectivity index (χ4n) is 3.72. The lowest BCUT2D eigenvalue weighted by atomic mass is 9.93. The molecule has 0 radical (unpaired) electrons. The van der Waals surface area contributed by atoms with Crippen LogP contribution in [-0.2, 0) is 4.74 Å². The number of carbonyl (C=O) groups excluding carboxylic acids is 2. The zero-order chi connectivity index (χ0) is 18.1. The van der Waals surface area contributed by atoms with Crippen LogP contribution >= 0.6 is 11.3 Å². The van der Waals surface area contributed by atoms with Crippen molar-refractivity contribution in [2.75, 3.05) is 26.2 Å². The van der Waals surface area contributed by atoms with Gasteiger partial charge in [-0.15, -0.1) is 0 Å². The van der Waals surface area contributed by atoms with Crippen LogP contribution < -0.4 is 5.32 Å². The zero-order valence-electron chi connectivity index (χ0n) is 14.1. The van der Waals surface area contributed by atoms with E-state index < -0.39 is 0 Å². The number of thiophene rings is 1.